The molecule has 0 saturated carbocycles. The standard InChI is InChI=1S/C40H45F3N10O9.C34H36FN9O8.CF3.O3S/c1-53(2,3)31-14-9-25(20-26(31)21-44)34(55)46-15-17-62-19-18-61-16-5-6-29(54)12-13-30(37(58)60-4)49-35(56)24-7-10-28(11-8-24)52(38(59)40(41,42)43)23-27-22-47-33-32(48-27)36(57)51-39(45)50-33;35-26-9-5-21(16-22(26)17-36)30(46)38-11-13-52-15-14-51-12-1-2-25(45)8-10-27(33(49)50)42-31(47)20-3-6-23(7-4-20)39-18-24-19-40-29-28(41-24)32(48)44-34(37)43-29;2-1(3)4;1-4(2)3/h7-11,14,20,22,30H,5-6,12-13,15-19,23H2,1-4H3,(H4-,45,46,47,49,50,51,55,56,57);3-7,9,16,19,27,39H,1-2,8,10-15,18H2,(H,38,46)(H,42,47)(H,49,50)(H3,37,40,43,44,48);;/q;;-1;/p+1/t30-;27-;;/m00../s1. The number of benzene rings is 4. The number of carboxylic acids is 1. The number of ketones is 2. The van der Waals surface area contributed by atoms with E-state index >= 15 is 0 Å². The first-order chi connectivity index (χ1) is 57.8. The molecular formula is C75H82F7N19O20S. The van der Waals surface area contributed by atoms with Gasteiger partial charge in [0.2, 0.25) is 11.9 Å². The highest BCUT2D eigenvalue weighted by Gasteiger charge is 2.43. The molecule has 0 radical (unpaired) electrons. The highest BCUT2D eigenvalue weighted by molar-refractivity contribution is 7.59. The van der Waals surface area contributed by atoms with Crippen LogP contribution in [0.25, 0.3) is 22.3 Å². The van der Waals surface area contributed by atoms with E-state index in [4.69, 9.17) is 53.0 Å². The maximum Gasteiger partial charge on any atom is 0.471 e. The first-order valence-electron chi connectivity index (χ1n) is 36.2. The second-order valence-corrected chi connectivity index (χ2v) is 26.6. The molecule has 0 spiro atoms. The number of carboxylic acid groups (broad SMARTS) is 1. The number of H-pyrrole nitrogens is 2. The number of nitrogens with one attached hydrogen (secondary N) is 7. The van der Waals surface area contributed by atoms with Gasteiger partial charge in [-0.25, -0.2) is 33.9 Å². The van der Waals surface area contributed by atoms with E-state index in [-0.39, 0.29) is 196 Å². The Morgan fingerprint density at radius 3 is 1.48 bits per heavy atom. The third kappa shape index (κ3) is 34.3. The number of alkyl halides is 3. The minimum Gasteiger partial charge on any atom is -0.480 e. The van der Waals surface area contributed by atoms with Gasteiger partial charge < -0.3 is 80.0 Å². The zero-order valence-corrected chi connectivity index (χ0v) is 66.2. The molecule has 0 saturated heterocycles. The van der Waals surface area contributed by atoms with E-state index < -0.39 is 94.6 Å². The number of carbonyl (C=O) groups excluding carboxylic acids is 8. The van der Waals surface area contributed by atoms with E-state index in [2.05, 4.69) is 72.5 Å². The van der Waals surface area contributed by atoms with Crippen molar-refractivity contribution in [3.05, 3.63) is 175 Å². The number of nitrogens with zero attached hydrogens (tertiary/aromatic N) is 10. The van der Waals surface area contributed by atoms with E-state index in [1.807, 2.05) is 21.1 Å². The molecule has 2 atom stereocenters. The lowest BCUT2D eigenvalue weighted by Gasteiger charge is -2.24. The van der Waals surface area contributed by atoms with Gasteiger partial charge in [-0.3, -0.25) is 62.5 Å². The Hall–Kier alpha value is -13.7. The summed E-state index contributed by atoms with van der Waals surface area (Å²) in [7, 11) is 3.77. The van der Waals surface area contributed by atoms with Crippen molar-refractivity contribution in [1.82, 2.24) is 65.6 Å². The number of halogens is 7. The highest BCUT2D eigenvalue weighted by Crippen LogP contribution is 2.28. The summed E-state index contributed by atoms with van der Waals surface area (Å²) in [5, 5.41) is 41.3. The molecule has 5 amide bonds. The average Bonchev–Trinajstić information content (AvgIpc) is 0.799. The van der Waals surface area contributed by atoms with E-state index in [9.17, 15) is 93.8 Å². The lowest BCUT2D eigenvalue weighted by molar-refractivity contribution is -0.170. The number of nitriles is 2. The van der Waals surface area contributed by atoms with Crippen LogP contribution in [0.15, 0.2) is 107 Å². The number of ether oxygens (including phenoxy) is 5. The third-order valence-electron chi connectivity index (χ3n) is 16.4. The van der Waals surface area contributed by atoms with Crippen molar-refractivity contribution >= 4 is 115 Å². The molecule has 12 N–H and O–H groups in total. The number of anilines is 4. The number of amides is 5. The number of aliphatic carboxylic acids is 1. The smallest absolute Gasteiger partial charge is 0.471 e. The Balaban J connectivity index is 0.000000403. The van der Waals surface area contributed by atoms with Crippen LogP contribution in [0.4, 0.5) is 59.7 Å². The van der Waals surface area contributed by atoms with Crippen molar-refractivity contribution in [2.75, 3.05) is 116 Å². The Morgan fingerprint density at radius 2 is 1.02 bits per heavy atom. The first-order valence-corrected chi connectivity index (χ1v) is 37.2. The molecule has 0 aliphatic carbocycles. The molecule has 4 aromatic carbocycles. The van der Waals surface area contributed by atoms with Gasteiger partial charge in [-0.15, -0.1) is 12.6 Å². The van der Waals surface area contributed by atoms with Gasteiger partial charge in [0.25, 0.3) is 34.7 Å². The Kier molecular flexibility index (Phi) is 40.2. The quantitative estimate of drug-likeness (QED) is 0.00836. The number of Topliss-reactive ketones (excluding diaryl/α,β-unsaturated/α-hetero) is 2. The molecule has 0 unspecified atom stereocenters. The number of methoxy groups -OCH3 is 1. The summed E-state index contributed by atoms with van der Waals surface area (Å²) in [6.45, 7) is -1.26. The van der Waals surface area contributed by atoms with Crippen LogP contribution in [0.3, 0.4) is 0 Å². The summed E-state index contributed by atoms with van der Waals surface area (Å²) in [6, 6.07) is 20.5. The van der Waals surface area contributed by atoms with Gasteiger partial charge in [0.15, 0.2) is 29.0 Å². The van der Waals surface area contributed by atoms with Crippen LogP contribution in [-0.4, -0.2) is 223 Å². The summed E-state index contributed by atoms with van der Waals surface area (Å²) in [5.41, 5.74) is 11.7. The number of esters is 1. The predicted molar refractivity (Wildman–Crippen MR) is 417 cm³/mol. The summed E-state index contributed by atoms with van der Waals surface area (Å²) < 4.78 is 135. The van der Waals surface area contributed by atoms with E-state index in [0.717, 1.165) is 49.3 Å². The summed E-state index contributed by atoms with van der Waals surface area (Å²) in [5.74, 6) is -7.97. The van der Waals surface area contributed by atoms with Gasteiger partial charge in [-0.1, -0.05) is 0 Å². The molecule has 4 heterocycles. The van der Waals surface area contributed by atoms with Crippen LogP contribution in [-0.2, 0) is 71.4 Å². The number of rotatable bonds is 41. The van der Waals surface area contributed by atoms with E-state index in [1.165, 1.54) is 30.5 Å². The number of nitrogen functional groups attached to an aromatic ring is 2. The fourth-order valence-corrected chi connectivity index (χ4v) is 10.6. The number of hydrogen-bond donors (Lipinski definition) is 10. The van der Waals surface area contributed by atoms with Crippen LogP contribution in [0.5, 0.6) is 0 Å². The minimum atomic E-state index is -5.31. The topological polar surface area (TPSA) is 577 Å². The first kappa shape index (κ1) is 98.8. The largest absolute Gasteiger partial charge is 0.480 e. The Morgan fingerprint density at radius 1 is 0.598 bits per heavy atom. The van der Waals surface area contributed by atoms with Crippen LogP contribution in [0.1, 0.15) is 115 Å². The fourth-order valence-electron chi connectivity index (χ4n) is 10.6. The minimum absolute atomic E-state index is 0.0440. The van der Waals surface area contributed by atoms with Crippen LogP contribution in [0, 0.1) is 35.2 Å². The number of nitrogens with two attached hydrogens (primary N) is 2. The lowest BCUT2D eigenvalue weighted by atomic mass is 10.1. The normalized spacial score (nSPS) is 11.4. The molecule has 8 rings (SSSR count). The summed E-state index contributed by atoms with van der Waals surface area (Å²) in [4.78, 5) is 165. The highest BCUT2D eigenvalue weighted by atomic mass is 32.2. The van der Waals surface area contributed by atoms with Crippen molar-refractivity contribution in [2.45, 2.75) is 82.7 Å². The maximum absolute atomic E-state index is 13.6. The average molecular weight is 1730 g/mol. The molecule has 0 aliphatic heterocycles. The maximum atomic E-state index is 13.6. The molecule has 0 fully saturated rings. The van der Waals surface area contributed by atoms with Gasteiger partial charge in [-0.05, 0) is 105 Å². The molecule has 0 aliphatic rings. The van der Waals surface area contributed by atoms with Crippen LogP contribution < -0.4 is 58.6 Å². The molecule has 122 heavy (non-hydrogen) atoms. The SMILES string of the molecule is COC(=O)[C@H](CCC(=O)CCCOCCOCCNC(=O)c1ccc([N+](C)(C)C)c(C#N)c1)NC(=O)c1ccc(N(Cc2cnc3nc(N)[nH]c(=O)c3n2)C(=O)C(F)(F)F)cc1.F[C-](F)F.N#Cc1cc(C(=O)NCCOCCOCCCC(=O)CC[C@H](NC(=O)c2ccc(NCc3cnc4nc(N)[nH]c(=O)c4n3)cc2)C(=O)O)ccc1F.O=S(=O)=O. The number of hydrogen-bond acceptors (Lipinski definition) is 30. The molecule has 4 aromatic heterocycles. The van der Waals surface area contributed by atoms with E-state index in [0.29, 0.717) is 44.7 Å². The fraction of sp³-hybridized carbons (Fsp3) is 0.360. The van der Waals surface area contributed by atoms with Gasteiger partial charge in [0.05, 0.1) is 110 Å². The van der Waals surface area contributed by atoms with Crippen molar-refractivity contribution in [1.29, 1.82) is 10.5 Å². The van der Waals surface area contributed by atoms with Crippen molar-refractivity contribution < 1.29 is 115 Å². The number of quaternary nitrogens is 1. The third-order valence-corrected chi connectivity index (χ3v) is 16.4. The zero-order chi connectivity index (χ0) is 90.2. The summed E-state index contributed by atoms with van der Waals surface area (Å²) in [6.07, 6.45) is -2.05. The molecule has 47 heteroatoms. The predicted octanol–water partition coefficient (Wildman–Crippen LogP) is 4.35. The number of aromatic nitrogens is 8. The second kappa shape index (κ2) is 49.6. The number of aromatic amines is 2. The van der Waals surface area contributed by atoms with Crippen molar-refractivity contribution in [3.8, 4) is 12.1 Å². The lowest BCUT2D eigenvalue weighted by Crippen LogP contribution is -2.42. The molecule has 8 aromatic rings. The van der Waals surface area contributed by atoms with Crippen LogP contribution >= 0.6 is 0 Å². The molecule has 39 nitrogen and oxygen atoms in total. The second-order valence-electron chi connectivity index (χ2n) is 26.2. The van der Waals surface area contributed by atoms with Gasteiger partial charge >= 0.3 is 34.6 Å². The van der Waals surface area contributed by atoms with Gasteiger partial charge in [0.1, 0.15) is 52.9 Å². The molecular weight excluding hydrogens is 1650 g/mol. The summed E-state index contributed by atoms with van der Waals surface area (Å²) >= 11 is 0. The molecule has 0 bridgehead atoms. The van der Waals surface area contributed by atoms with Crippen molar-refractivity contribution in [2.24, 2.45) is 0 Å². The van der Waals surface area contributed by atoms with Gasteiger partial charge in [-0.2, -0.15) is 33.7 Å². The van der Waals surface area contributed by atoms with Crippen LogP contribution in [0.2, 0.25) is 0 Å². The Labute approximate surface area is 689 Å². The van der Waals surface area contributed by atoms with E-state index in [1.54, 1.807) is 36.4 Å². The Bertz CT molecular complexity index is 5300. The van der Waals surface area contributed by atoms with Crippen molar-refractivity contribution in [3.63, 3.8) is 0 Å². The molecule has 652 valence electrons. The number of fused-ring (bicyclic) bond motifs is 2. The zero-order valence-electron chi connectivity index (χ0n) is 65.4. The van der Waals surface area contributed by atoms with Gasteiger partial charge in [0, 0.05) is 91.7 Å². The monoisotopic (exact) mass is 1730 g/mol. The number of carbonyl (C=O) groups is 9.